The summed E-state index contributed by atoms with van der Waals surface area (Å²) in [6, 6.07) is 0. The van der Waals surface area contributed by atoms with Crippen LogP contribution < -0.4 is 11.3 Å². The van der Waals surface area contributed by atoms with Gasteiger partial charge in [0.25, 0.3) is 5.56 Å². The molecule has 0 fully saturated rings. The molecule has 124 valence electrons. The number of ketones is 1. The van der Waals surface area contributed by atoms with E-state index in [4.69, 9.17) is 15.2 Å². The van der Waals surface area contributed by atoms with Crippen LogP contribution in [-0.4, -0.2) is 44.5 Å². The fraction of sp³-hybridized carbons (Fsp3) is 0.462. The van der Waals surface area contributed by atoms with Gasteiger partial charge in [0.05, 0.1) is 19.4 Å². The average Bonchev–Trinajstić information content (AvgIpc) is 2.88. The van der Waals surface area contributed by atoms with Crippen molar-refractivity contribution in [3.05, 3.63) is 16.7 Å². The van der Waals surface area contributed by atoms with Crippen LogP contribution in [0, 0.1) is 0 Å². The highest BCUT2D eigenvalue weighted by Gasteiger charge is 2.09. The molecule has 2 heterocycles. The topological polar surface area (TPSA) is 142 Å². The van der Waals surface area contributed by atoms with E-state index in [1.165, 1.54) is 17.8 Å². The number of Topliss-reactive ketones (excluding diaryl/α,β-unsaturated/α-hetero) is 1. The number of anilines is 1. The van der Waals surface area contributed by atoms with E-state index < -0.39 is 11.5 Å². The zero-order valence-corrected chi connectivity index (χ0v) is 12.6. The molecule has 10 nitrogen and oxygen atoms in total. The number of hydrogen-bond donors (Lipinski definition) is 2. The Morgan fingerprint density at radius 2 is 2.13 bits per heavy atom. The van der Waals surface area contributed by atoms with Crippen molar-refractivity contribution in [1.29, 1.82) is 0 Å². The number of carbonyl (C=O) groups is 2. The van der Waals surface area contributed by atoms with Gasteiger partial charge in [-0.05, 0) is 6.92 Å². The SMILES string of the molecule is CC(=O)CCC(=O)OCCOCn1cnc2c(=O)[nH]c(N)nc21. The maximum absolute atomic E-state index is 11.6. The van der Waals surface area contributed by atoms with E-state index in [2.05, 4.69) is 15.0 Å². The molecule has 10 heteroatoms. The number of H-pyrrole nitrogens is 1. The lowest BCUT2D eigenvalue weighted by Crippen LogP contribution is -2.14. The number of esters is 1. The molecule has 0 aliphatic rings. The number of imidazole rings is 1. The molecule has 2 rings (SSSR count). The van der Waals surface area contributed by atoms with Gasteiger partial charge in [-0.25, -0.2) is 4.98 Å². The number of nitrogens with one attached hydrogen (secondary N) is 1. The minimum atomic E-state index is -0.446. The number of rotatable bonds is 8. The molecular weight excluding hydrogens is 306 g/mol. The molecule has 0 saturated carbocycles. The number of carbonyl (C=O) groups excluding carboxylic acids is 2. The monoisotopic (exact) mass is 323 g/mol. The summed E-state index contributed by atoms with van der Waals surface area (Å²) in [7, 11) is 0. The van der Waals surface area contributed by atoms with Gasteiger partial charge in [-0.1, -0.05) is 0 Å². The molecule has 3 N–H and O–H groups in total. The summed E-state index contributed by atoms with van der Waals surface area (Å²) in [6.07, 6.45) is 1.64. The van der Waals surface area contributed by atoms with Crippen LogP contribution in [0.1, 0.15) is 19.8 Å². The van der Waals surface area contributed by atoms with Crippen molar-refractivity contribution in [3.8, 4) is 0 Å². The van der Waals surface area contributed by atoms with Crippen LogP contribution in [0.3, 0.4) is 0 Å². The van der Waals surface area contributed by atoms with Crippen LogP contribution in [0.25, 0.3) is 11.2 Å². The molecule has 0 radical (unpaired) electrons. The fourth-order valence-electron chi connectivity index (χ4n) is 1.79. The molecule has 0 atom stereocenters. The molecule has 0 aliphatic carbocycles. The highest BCUT2D eigenvalue weighted by atomic mass is 16.6. The van der Waals surface area contributed by atoms with Crippen LogP contribution in [0.15, 0.2) is 11.1 Å². The summed E-state index contributed by atoms with van der Waals surface area (Å²) < 4.78 is 11.7. The zero-order chi connectivity index (χ0) is 16.8. The van der Waals surface area contributed by atoms with Crippen molar-refractivity contribution in [1.82, 2.24) is 19.5 Å². The van der Waals surface area contributed by atoms with E-state index >= 15 is 0 Å². The molecular formula is C13H17N5O5. The Labute approximate surface area is 130 Å². The lowest BCUT2D eigenvalue weighted by molar-refractivity contribution is -0.146. The summed E-state index contributed by atoms with van der Waals surface area (Å²) in [5.41, 5.74) is 5.53. The minimum Gasteiger partial charge on any atom is -0.463 e. The predicted octanol–water partition coefficient (Wildman–Crippen LogP) is -0.412. The number of aromatic nitrogens is 4. The Hall–Kier alpha value is -2.75. The largest absolute Gasteiger partial charge is 0.463 e. The van der Waals surface area contributed by atoms with Gasteiger partial charge in [0, 0.05) is 6.42 Å². The van der Waals surface area contributed by atoms with Crippen molar-refractivity contribution < 1.29 is 19.1 Å². The normalized spacial score (nSPS) is 10.8. The molecule has 0 unspecified atom stereocenters. The first-order valence-electron chi connectivity index (χ1n) is 6.91. The van der Waals surface area contributed by atoms with Crippen molar-refractivity contribution >= 4 is 28.9 Å². The minimum absolute atomic E-state index is 0.0105. The van der Waals surface area contributed by atoms with E-state index in [9.17, 15) is 14.4 Å². The van der Waals surface area contributed by atoms with Crippen LogP contribution in [0.2, 0.25) is 0 Å². The van der Waals surface area contributed by atoms with Gasteiger partial charge in [0.2, 0.25) is 5.95 Å². The summed E-state index contributed by atoms with van der Waals surface area (Å²) in [5.74, 6) is -0.520. The van der Waals surface area contributed by atoms with Gasteiger partial charge >= 0.3 is 5.97 Å². The zero-order valence-electron chi connectivity index (χ0n) is 12.6. The number of nitrogens with two attached hydrogens (primary N) is 1. The standard InChI is InChI=1S/C13H17N5O5/c1-8(19)2-3-9(20)23-5-4-22-7-18-6-15-10-11(18)16-13(14)17-12(10)21/h6H,2-5,7H2,1H3,(H3,14,16,17,21). The predicted molar refractivity (Wildman–Crippen MR) is 79.4 cm³/mol. The van der Waals surface area contributed by atoms with Crippen molar-refractivity contribution in [3.63, 3.8) is 0 Å². The van der Waals surface area contributed by atoms with Gasteiger partial charge in [-0.3, -0.25) is 19.1 Å². The third-order valence-corrected chi connectivity index (χ3v) is 2.90. The third kappa shape index (κ3) is 4.61. The highest BCUT2D eigenvalue weighted by molar-refractivity contribution is 5.80. The first-order valence-corrected chi connectivity index (χ1v) is 6.91. The lowest BCUT2D eigenvalue weighted by atomic mass is 10.2. The first-order chi connectivity index (χ1) is 11.0. The Bertz CT molecular complexity index is 766. The molecule has 0 aromatic carbocycles. The Balaban J connectivity index is 1.78. The fourth-order valence-corrected chi connectivity index (χ4v) is 1.79. The van der Waals surface area contributed by atoms with E-state index in [1.54, 1.807) is 0 Å². The summed E-state index contributed by atoms with van der Waals surface area (Å²) in [5, 5.41) is 0. The average molecular weight is 323 g/mol. The summed E-state index contributed by atoms with van der Waals surface area (Å²) in [4.78, 5) is 43.9. The maximum Gasteiger partial charge on any atom is 0.306 e. The Morgan fingerprint density at radius 3 is 2.87 bits per heavy atom. The molecule has 0 bridgehead atoms. The van der Waals surface area contributed by atoms with Crippen LogP contribution in [0.5, 0.6) is 0 Å². The van der Waals surface area contributed by atoms with Gasteiger partial charge in [-0.2, -0.15) is 4.98 Å². The Morgan fingerprint density at radius 1 is 1.35 bits per heavy atom. The maximum atomic E-state index is 11.6. The third-order valence-electron chi connectivity index (χ3n) is 2.90. The lowest BCUT2D eigenvalue weighted by Gasteiger charge is -2.07. The van der Waals surface area contributed by atoms with Crippen LogP contribution in [0.4, 0.5) is 5.95 Å². The quantitative estimate of drug-likeness (QED) is 0.493. The highest BCUT2D eigenvalue weighted by Crippen LogP contribution is 2.06. The molecule has 2 aromatic rings. The summed E-state index contributed by atoms with van der Waals surface area (Å²) in [6.45, 7) is 1.72. The molecule has 0 amide bonds. The van der Waals surface area contributed by atoms with Crippen LogP contribution in [-0.2, 0) is 25.8 Å². The molecule has 2 aromatic heterocycles. The number of hydrogen-bond acceptors (Lipinski definition) is 8. The number of ether oxygens (including phenoxy) is 2. The second-order valence-electron chi connectivity index (χ2n) is 4.80. The molecule has 23 heavy (non-hydrogen) atoms. The number of aromatic amines is 1. The number of nitrogen functional groups attached to an aromatic ring is 1. The van der Waals surface area contributed by atoms with Crippen LogP contribution >= 0.6 is 0 Å². The molecule has 0 saturated heterocycles. The van der Waals surface area contributed by atoms with Gasteiger partial charge in [0.15, 0.2) is 11.2 Å². The number of nitrogens with zero attached hydrogens (tertiary/aromatic N) is 3. The Kier molecular flexibility index (Phi) is 5.41. The molecule has 0 spiro atoms. The van der Waals surface area contributed by atoms with Crippen molar-refractivity contribution in [2.75, 3.05) is 18.9 Å². The van der Waals surface area contributed by atoms with Crippen molar-refractivity contribution in [2.45, 2.75) is 26.5 Å². The van der Waals surface area contributed by atoms with E-state index in [-0.39, 0.29) is 50.0 Å². The second kappa shape index (κ2) is 7.49. The summed E-state index contributed by atoms with van der Waals surface area (Å²) >= 11 is 0. The van der Waals surface area contributed by atoms with E-state index in [0.717, 1.165) is 0 Å². The van der Waals surface area contributed by atoms with Gasteiger partial charge in [-0.15, -0.1) is 0 Å². The van der Waals surface area contributed by atoms with E-state index in [0.29, 0.717) is 5.65 Å². The molecule has 0 aliphatic heterocycles. The van der Waals surface area contributed by atoms with E-state index in [1.807, 2.05) is 0 Å². The van der Waals surface area contributed by atoms with Gasteiger partial charge < -0.3 is 20.0 Å². The van der Waals surface area contributed by atoms with Crippen molar-refractivity contribution in [2.24, 2.45) is 0 Å². The second-order valence-corrected chi connectivity index (χ2v) is 4.80. The number of fused-ring (bicyclic) bond motifs is 1. The first kappa shape index (κ1) is 16.6. The van der Waals surface area contributed by atoms with Gasteiger partial charge in [0.1, 0.15) is 19.1 Å². The smallest absolute Gasteiger partial charge is 0.306 e.